The molecule has 5 rings (SSSR count). The van der Waals surface area contributed by atoms with E-state index in [1.165, 1.54) is 6.07 Å². The second-order valence-electron chi connectivity index (χ2n) is 10.3. The zero-order chi connectivity index (χ0) is 30.0. The van der Waals surface area contributed by atoms with Gasteiger partial charge in [0.05, 0.1) is 17.1 Å². The van der Waals surface area contributed by atoms with Gasteiger partial charge in [-0.2, -0.15) is 0 Å². The van der Waals surface area contributed by atoms with Crippen molar-refractivity contribution in [1.29, 1.82) is 0 Å². The minimum atomic E-state index is -0.826. The average Bonchev–Trinajstić information content (AvgIpc) is 3.45. The molecular formula is C35H35F2N5O. The van der Waals surface area contributed by atoms with Crippen molar-refractivity contribution in [2.45, 2.75) is 39.0 Å². The molecule has 0 spiro atoms. The van der Waals surface area contributed by atoms with Crippen molar-refractivity contribution in [1.82, 2.24) is 9.97 Å². The van der Waals surface area contributed by atoms with Crippen LogP contribution in [0.4, 0.5) is 36.6 Å². The van der Waals surface area contributed by atoms with E-state index in [0.717, 1.165) is 72.4 Å². The Balaban J connectivity index is 1.41. The summed E-state index contributed by atoms with van der Waals surface area (Å²) in [5.74, 6) is -0.974. The van der Waals surface area contributed by atoms with Crippen molar-refractivity contribution in [2.75, 3.05) is 22.1 Å². The Morgan fingerprint density at radius 1 is 0.814 bits per heavy atom. The molecule has 0 unspecified atom stereocenters. The van der Waals surface area contributed by atoms with Crippen LogP contribution in [0.3, 0.4) is 0 Å². The molecule has 0 bridgehead atoms. The lowest BCUT2D eigenvalue weighted by Crippen LogP contribution is -2.36. The summed E-state index contributed by atoms with van der Waals surface area (Å²) in [5.41, 5.74) is 4.99. The Morgan fingerprint density at radius 2 is 1.53 bits per heavy atom. The zero-order valence-electron chi connectivity index (χ0n) is 24.1. The zero-order valence-corrected chi connectivity index (χ0v) is 24.1. The fourth-order valence-corrected chi connectivity index (χ4v) is 4.93. The van der Waals surface area contributed by atoms with E-state index >= 15 is 0 Å². The van der Waals surface area contributed by atoms with Crippen molar-refractivity contribution in [2.24, 2.45) is 0 Å². The second kappa shape index (κ2) is 14.3. The molecule has 43 heavy (non-hydrogen) atoms. The molecule has 0 fully saturated rings. The van der Waals surface area contributed by atoms with Crippen LogP contribution in [0.1, 0.15) is 39.0 Å². The van der Waals surface area contributed by atoms with Gasteiger partial charge in [-0.3, -0.25) is 4.90 Å². The lowest BCUT2D eigenvalue weighted by atomic mass is 10.1. The quantitative estimate of drug-likeness (QED) is 0.129. The number of unbranched alkanes of at least 4 members (excludes halogenated alkanes) is 4. The molecule has 4 aromatic carbocycles. The summed E-state index contributed by atoms with van der Waals surface area (Å²) in [6.45, 7) is 2.60. The third kappa shape index (κ3) is 7.65. The number of carbonyl (C=O) groups excluding carboxylic acids is 1. The number of H-pyrrole nitrogens is 1. The Morgan fingerprint density at radius 3 is 2.26 bits per heavy atom. The Hall–Kier alpha value is -4.98. The first kappa shape index (κ1) is 29.5. The first-order valence-corrected chi connectivity index (χ1v) is 14.6. The summed E-state index contributed by atoms with van der Waals surface area (Å²) in [5, 5.41) is 5.97. The molecule has 0 saturated heterocycles. The SMILES string of the molecule is CCCCCCCN(C(=O)Nc1ccc(F)cc1F)c1cccc(Nc2nc(-c3ccccc3)c(-c3ccccc3)[nH]2)c1. The van der Waals surface area contributed by atoms with Gasteiger partial charge < -0.3 is 15.6 Å². The van der Waals surface area contributed by atoms with E-state index in [2.05, 4.69) is 22.5 Å². The molecular weight excluding hydrogens is 544 g/mol. The van der Waals surface area contributed by atoms with E-state index in [1.807, 2.05) is 84.9 Å². The first-order valence-electron chi connectivity index (χ1n) is 14.6. The normalized spacial score (nSPS) is 10.9. The van der Waals surface area contributed by atoms with Crippen LogP contribution in [0, 0.1) is 11.6 Å². The number of amides is 2. The monoisotopic (exact) mass is 579 g/mol. The number of aromatic amines is 1. The van der Waals surface area contributed by atoms with E-state index in [-0.39, 0.29) is 5.69 Å². The molecule has 1 heterocycles. The predicted molar refractivity (Wildman–Crippen MR) is 171 cm³/mol. The number of carbonyl (C=O) groups is 1. The highest BCUT2D eigenvalue weighted by Crippen LogP contribution is 2.33. The number of anilines is 4. The highest BCUT2D eigenvalue weighted by molar-refractivity contribution is 6.02. The van der Waals surface area contributed by atoms with Crippen LogP contribution < -0.4 is 15.5 Å². The average molecular weight is 580 g/mol. The number of halogens is 2. The summed E-state index contributed by atoms with van der Waals surface area (Å²) >= 11 is 0. The van der Waals surface area contributed by atoms with Gasteiger partial charge in [0.15, 0.2) is 0 Å². The largest absolute Gasteiger partial charge is 0.326 e. The number of imidazole rings is 1. The summed E-state index contributed by atoms with van der Waals surface area (Å²) < 4.78 is 27.8. The highest BCUT2D eigenvalue weighted by atomic mass is 19.1. The van der Waals surface area contributed by atoms with Crippen molar-refractivity contribution < 1.29 is 13.6 Å². The van der Waals surface area contributed by atoms with Gasteiger partial charge in [0.2, 0.25) is 5.95 Å². The van der Waals surface area contributed by atoms with Gasteiger partial charge in [-0.05, 0) is 36.8 Å². The van der Waals surface area contributed by atoms with E-state index < -0.39 is 17.7 Å². The van der Waals surface area contributed by atoms with E-state index in [0.29, 0.717) is 18.2 Å². The third-order valence-corrected chi connectivity index (χ3v) is 7.14. The summed E-state index contributed by atoms with van der Waals surface area (Å²) in [6, 6.07) is 30.1. The van der Waals surface area contributed by atoms with E-state index in [9.17, 15) is 13.6 Å². The number of hydrogen-bond donors (Lipinski definition) is 3. The minimum Gasteiger partial charge on any atom is -0.326 e. The van der Waals surface area contributed by atoms with Gasteiger partial charge in [-0.25, -0.2) is 18.6 Å². The first-order chi connectivity index (χ1) is 21.0. The fraction of sp³-hybridized carbons (Fsp3) is 0.200. The van der Waals surface area contributed by atoms with E-state index in [1.54, 1.807) is 4.90 Å². The van der Waals surface area contributed by atoms with Crippen molar-refractivity contribution in [3.8, 4) is 22.5 Å². The van der Waals surface area contributed by atoms with Crippen LogP contribution in [-0.4, -0.2) is 22.5 Å². The third-order valence-electron chi connectivity index (χ3n) is 7.14. The van der Waals surface area contributed by atoms with Gasteiger partial charge in [0.25, 0.3) is 0 Å². The Labute approximate surface area is 250 Å². The number of rotatable bonds is 12. The molecule has 0 radical (unpaired) electrons. The molecule has 220 valence electrons. The standard InChI is InChI=1S/C35H35F2N5O/c1-2-3-4-5-12-22-42(35(43)39-31-21-20-27(36)23-30(31)37)29-19-13-18-28(24-29)38-34-40-32(25-14-8-6-9-15-25)33(41-34)26-16-10-7-11-17-26/h6-11,13-21,23-24H,2-5,12,22H2,1H3,(H,39,43)(H2,38,40,41). The number of hydrogen-bond acceptors (Lipinski definition) is 3. The molecule has 5 aromatic rings. The maximum atomic E-state index is 14.4. The molecule has 0 aliphatic heterocycles. The topological polar surface area (TPSA) is 73.1 Å². The molecule has 8 heteroatoms. The minimum absolute atomic E-state index is 0.0749. The Bertz CT molecular complexity index is 1580. The van der Waals surface area contributed by atoms with Crippen LogP contribution in [-0.2, 0) is 0 Å². The van der Waals surface area contributed by atoms with E-state index in [4.69, 9.17) is 4.98 Å². The maximum absolute atomic E-state index is 14.4. The Kier molecular flexibility index (Phi) is 9.79. The summed E-state index contributed by atoms with van der Waals surface area (Å²) in [6.07, 6.45) is 5.08. The predicted octanol–water partition coefficient (Wildman–Crippen LogP) is 9.77. The maximum Gasteiger partial charge on any atom is 0.326 e. The molecule has 0 atom stereocenters. The van der Waals surface area contributed by atoms with Gasteiger partial charge in [0.1, 0.15) is 11.6 Å². The second-order valence-corrected chi connectivity index (χ2v) is 10.3. The summed E-state index contributed by atoms with van der Waals surface area (Å²) in [7, 11) is 0. The van der Waals surface area contributed by atoms with Crippen LogP contribution in [0.25, 0.3) is 22.5 Å². The molecule has 0 aliphatic carbocycles. The number of nitrogens with one attached hydrogen (secondary N) is 3. The molecule has 1 aromatic heterocycles. The van der Waals surface area contributed by atoms with Crippen LogP contribution in [0.5, 0.6) is 0 Å². The molecule has 6 nitrogen and oxygen atoms in total. The molecule has 3 N–H and O–H groups in total. The van der Waals surface area contributed by atoms with Crippen LogP contribution >= 0.6 is 0 Å². The van der Waals surface area contributed by atoms with Gasteiger partial charge in [0, 0.05) is 35.1 Å². The molecule has 2 amide bonds. The smallest absolute Gasteiger partial charge is 0.326 e. The number of urea groups is 1. The number of nitrogens with zero attached hydrogens (tertiary/aromatic N) is 2. The van der Waals surface area contributed by atoms with Gasteiger partial charge in [-0.1, -0.05) is 99.3 Å². The van der Waals surface area contributed by atoms with Gasteiger partial charge >= 0.3 is 6.03 Å². The van der Waals surface area contributed by atoms with Crippen molar-refractivity contribution >= 4 is 29.0 Å². The lowest BCUT2D eigenvalue weighted by molar-refractivity contribution is 0.256. The highest BCUT2D eigenvalue weighted by Gasteiger charge is 2.19. The van der Waals surface area contributed by atoms with Crippen LogP contribution in [0.2, 0.25) is 0 Å². The summed E-state index contributed by atoms with van der Waals surface area (Å²) in [4.78, 5) is 23.3. The molecule has 0 aliphatic rings. The lowest BCUT2D eigenvalue weighted by Gasteiger charge is -2.24. The molecule has 0 saturated carbocycles. The fourth-order valence-electron chi connectivity index (χ4n) is 4.93. The van der Waals surface area contributed by atoms with Crippen molar-refractivity contribution in [3.63, 3.8) is 0 Å². The van der Waals surface area contributed by atoms with Gasteiger partial charge in [-0.15, -0.1) is 0 Å². The number of aromatic nitrogens is 2. The number of benzene rings is 4. The van der Waals surface area contributed by atoms with Crippen LogP contribution in [0.15, 0.2) is 103 Å². The van der Waals surface area contributed by atoms with Crippen molar-refractivity contribution in [3.05, 3.63) is 115 Å².